The summed E-state index contributed by atoms with van der Waals surface area (Å²) in [5, 5.41) is 5.82. The highest BCUT2D eigenvalue weighted by Crippen LogP contribution is 2.32. The molecule has 1 saturated heterocycles. The van der Waals surface area contributed by atoms with Gasteiger partial charge in [-0.15, -0.1) is 0 Å². The lowest BCUT2D eigenvalue weighted by molar-refractivity contribution is -0.139. The van der Waals surface area contributed by atoms with Crippen molar-refractivity contribution < 1.29 is 9.59 Å². The number of hydrogen-bond acceptors (Lipinski definition) is 4. The van der Waals surface area contributed by atoms with E-state index in [1.165, 1.54) is 36.1 Å². The van der Waals surface area contributed by atoms with Gasteiger partial charge in [0, 0.05) is 31.9 Å². The second kappa shape index (κ2) is 9.16. The van der Waals surface area contributed by atoms with Crippen LogP contribution in [0.4, 0.5) is 5.69 Å². The number of likely N-dealkylation sites (tertiary alicyclic amines) is 1. The van der Waals surface area contributed by atoms with Gasteiger partial charge in [0.05, 0.1) is 6.04 Å². The van der Waals surface area contributed by atoms with Crippen molar-refractivity contribution in [2.24, 2.45) is 0 Å². The van der Waals surface area contributed by atoms with E-state index >= 15 is 0 Å². The van der Waals surface area contributed by atoms with Crippen molar-refractivity contribution in [3.8, 4) is 0 Å². The standard InChI is InChI=1S/C23H34N4O2/c1-26-14-11-18-15-17(9-10-20(18)26)21(27-12-5-2-6-13-27)16-24-22(28)23(29)25-19-7-3-4-8-19/h9-10,15,19,21H,2-8,11-14,16H2,1H3,(H,24,28)(H,25,29). The Morgan fingerprint density at radius 2 is 1.79 bits per heavy atom. The Morgan fingerprint density at radius 3 is 2.55 bits per heavy atom. The lowest BCUT2D eigenvalue weighted by atomic mass is 9.98. The van der Waals surface area contributed by atoms with Crippen molar-refractivity contribution in [2.75, 3.05) is 38.1 Å². The first-order valence-electron chi connectivity index (χ1n) is 11.3. The number of fused-ring (bicyclic) bond motifs is 1. The summed E-state index contributed by atoms with van der Waals surface area (Å²) in [5.74, 6) is -0.982. The number of nitrogens with zero attached hydrogens (tertiary/aromatic N) is 2. The summed E-state index contributed by atoms with van der Waals surface area (Å²) >= 11 is 0. The molecule has 2 aliphatic heterocycles. The third-order valence-electron chi connectivity index (χ3n) is 6.80. The fraction of sp³-hybridized carbons (Fsp3) is 0.652. The number of rotatable bonds is 5. The van der Waals surface area contributed by atoms with Crippen molar-refractivity contribution in [1.82, 2.24) is 15.5 Å². The molecule has 0 bridgehead atoms. The van der Waals surface area contributed by atoms with Crippen LogP contribution < -0.4 is 15.5 Å². The zero-order chi connectivity index (χ0) is 20.2. The summed E-state index contributed by atoms with van der Waals surface area (Å²) in [7, 11) is 2.14. The second-order valence-corrected chi connectivity index (χ2v) is 8.84. The molecule has 3 aliphatic rings. The van der Waals surface area contributed by atoms with E-state index in [4.69, 9.17) is 0 Å². The number of benzene rings is 1. The van der Waals surface area contributed by atoms with E-state index < -0.39 is 11.8 Å². The molecular formula is C23H34N4O2. The smallest absolute Gasteiger partial charge is 0.309 e. The normalized spacial score (nSPS) is 21.1. The molecular weight excluding hydrogens is 364 g/mol. The SMILES string of the molecule is CN1CCc2cc(C(CNC(=O)C(=O)NC3CCCC3)N3CCCCC3)ccc21. The van der Waals surface area contributed by atoms with Crippen LogP contribution in [0.15, 0.2) is 18.2 Å². The highest BCUT2D eigenvalue weighted by Gasteiger charge is 2.27. The molecule has 2 heterocycles. The molecule has 6 heteroatoms. The van der Waals surface area contributed by atoms with E-state index in [0.29, 0.717) is 6.54 Å². The van der Waals surface area contributed by atoms with Crippen molar-refractivity contribution in [3.05, 3.63) is 29.3 Å². The Labute approximate surface area is 174 Å². The van der Waals surface area contributed by atoms with Gasteiger partial charge in [0.25, 0.3) is 0 Å². The van der Waals surface area contributed by atoms with Crippen LogP contribution in [0.2, 0.25) is 0 Å². The Kier molecular flexibility index (Phi) is 6.38. The predicted molar refractivity (Wildman–Crippen MR) is 115 cm³/mol. The molecule has 0 spiro atoms. The van der Waals surface area contributed by atoms with Gasteiger partial charge < -0.3 is 15.5 Å². The lowest BCUT2D eigenvalue weighted by Gasteiger charge is -2.35. The maximum absolute atomic E-state index is 12.4. The van der Waals surface area contributed by atoms with Crippen LogP contribution in [-0.2, 0) is 16.0 Å². The van der Waals surface area contributed by atoms with Crippen LogP contribution >= 0.6 is 0 Å². The molecule has 1 saturated carbocycles. The number of carbonyl (C=O) groups excluding carboxylic acids is 2. The molecule has 0 radical (unpaired) electrons. The van der Waals surface area contributed by atoms with Crippen molar-refractivity contribution in [2.45, 2.75) is 63.5 Å². The van der Waals surface area contributed by atoms with Crippen LogP contribution in [-0.4, -0.2) is 56.0 Å². The Morgan fingerprint density at radius 1 is 1.03 bits per heavy atom. The Hall–Kier alpha value is -2.08. The number of piperidine rings is 1. The topological polar surface area (TPSA) is 64.7 Å². The summed E-state index contributed by atoms with van der Waals surface area (Å²) in [6.45, 7) is 3.63. The highest BCUT2D eigenvalue weighted by atomic mass is 16.2. The molecule has 2 amide bonds. The second-order valence-electron chi connectivity index (χ2n) is 8.84. The average molecular weight is 399 g/mol. The van der Waals surface area contributed by atoms with E-state index in [-0.39, 0.29) is 12.1 Å². The van der Waals surface area contributed by atoms with Crippen LogP contribution in [0.25, 0.3) is 0 Å². The zero-order valence-corrected chi connectivity index (χ0v) is 17.6. The summed E-state index contributed by atoms with van der Waals surface area (Å²) in [6, 6.07) is 7.01. The van der Waals surface area contributed by atoms with E-state index in [2.05, 4.69) is 45.7 Å². The fourth-order valence-corrected chi connectivity index (χ4v) is 5.07. The monoisotopic (exact) mass is 398 g/mol. The van der Waals surface area contributed by atoms with Crippen LogP contribution in [0.1, 0.15) is 62.1 Å². The van der Waals surface area contributed by atoms with Gasteiger partial charge in [-0.25, -0.2) is 0 Å². The minimum absolute atomic E-state index is 0.120. The summed E-state index contributed by atoms with van der Waals surface area (Å²) in [5.41, 5.74) is 3.95. The van der Waals surface area contributed by atoms with Crippen molar-refractivity contribution >= 4 is 17.5 Å². The molecule has 0 aromatic heterocycles. The molecule has 158 valence electrons. The Balaban J connectivity index is 1.43. The van der Waals surface area contributed by atoms with Gasteiger partial charge in [-0.1, -0.05) is 31.4 Å². The first kappa shape index (κ1) is 20.2. The van der Waals surface area contributed by atoms with Gasteiger partial charge >= 0.3 is 11.8 Å². The molecule has 1 aromatic rings. The number of hydrogen-bond donors (Lipinski definition) is 2. The molecule has 1 aromatic carbocycles. The van der Waals surface area contributed by atoms with Gasteiger partial charge in [-0.2, -0.15) is 0 Å². The molecule has 1 unspecified atom stereocenters. The van der Waals surface area contributed by atoms with Crippen molar-refractivity contribution in [3.63, 3.8) is 0 Å². The van der Waals surface area contributed by atoms with E-state index in [0.717, 1.165) is 51.7 Å². The summed E-state index contributed by atoms with van der Waals surface area (Å²) < 4.78 is 0. The zero-order valence-electron chi connectivity index (χ0n) is 17.6. The van der Waals surface area contributed by atoms with Crippen LogP contribution in [0.3, 0.4) is 0 Å². The van der Waals surface area contributed by atoms with E-state index in [1.54, 1.807) is 0 Å². The maximum atomic E-state index is 12.4. The molecule has 2 N–H and O–H groups in total. The molecule has 2 fully saturated rings. The number of anilines is 1. The molecule has 6 nitrogen and oxygen atoms in total. The molecule has 1 atom stereocenters. The number of likely N-dealkylation sites (N-methyl/N-ethyl adjacent to an activating group) is 1. The quantitative estimate of drug-likeness (QED) is 0.748. The van der Waals surface area contributed by atoms with Gasteiger partial charge in [0.2, 0.25) is 0 Å². The Bertz CT molecular complexity index is 738. The van der Waals surface area contributed by atoms with Gasteiger partial charge in [0.15, 0.2) is 0 Å². The molecule has 1 aliphatic carbocycles. The van der Waals surface area contributed by atoms with Crippen molar-refractivity contribution in [1.29, 1.82) is 0 Å². The molecule has 29 heavy (non-hydrogen) atoms. The van der Waals surface area contributed by atoms with Gasteiger partial charge in [-0.3, -0.25) is 14.5 Å². The minimum Gasteiger partial charge on any atom is -0.374 e. The van der Waals surface area contributed by atoms with Gasteiger partial charge in [0.1, 0.15) is 0 Å². The van der Waals surface area contributed by atoms with Crippen LogP contribution in [0, 0.1) is 0 Å². The third-order valence-corrected chi connectivity index (χ3v) is 6.80. The first-order valence-corrected chi connectivity index (χ1v) is 11.3. The molecule has 4 rings (SSSR count). The summed E-state index contributed by atoms with van der Waals surface area (Å²) in [4.78, 5) is 29.5. The predicted octanol–water partition coefficient (Wildman–Crippen LogP) is 2.38. The van der Waals surface area contributed by atoms with Crippen LogP contribution in [0.5, 0.6) is 0 Å². The summed E-state index contributed by atoms with van der Waals surface area (Å²) in [6.07, 6.45) is 8.98. The number of nitrogens with one attached hydrogen (secondary N) is 2. The fourth-order valence-electron chi connectivity index (χ4n) is 5.07. The highest BCUT2D eigenvalue weighted by molar-refractivity contribution is 6.35. The number of carbonyl (C=O) groups is 2. The average Bonchev–Trinajstić information content (AvgIpc) is 3.38. The third kappa shape index (κ3) is 4.74. The maximum Gasteiger partial charge on any atom is 0.309 e. The minimum atomic E-state index is -0.500. The lowest BCUT2D eigenvalue weighted by Crippen LogP contribution is -2.47. The number of amides is 2. The van der Waals surface area contributed by atoms with Gasteiger partial charge in [-0.05, 0) is 62.4 Å². The largest absolute Gasteiger partial charge is 0.374 e. The van der Waals surface area contributed by atoms with E-state index in [9.17, 15) is 9.59 Å². The first-order chi connectivity index (χ1) is 14.1. The van der Waals surface area contributed by atoms with E-state index in [1.807, 2.05) is 0 Å².